The maximum Gasteiger partial charge on any atom is 0.209 e. The summed E-state index contributed by atoms with van der Waals surface area (Å²) in [6.45, 7) is 8.85. The number of hydrogen-bond acceptors (Lipinski definition) is 4. The quantitative estimate of drug-likeness (QED) is 0.825. The van der Waals surface area contributed by atoms with Crippen LogP contribution in [0.25, 0.3) is 0 Å². The molecule has 0 spiro atoms. The summed E-state index contributed by atoms with van der Waals surface area (Å²) in [5.41, 5.74) is 1.98. The van der Waals surface area contributed by atoms with Crippen LogP contribution in [0.1, 0.15) is 44.5 Å². The normalized spacial score (nSPS) is 18.0. The SMILES string of the molecule is CCC[C@@H](C)CN1CCCn2nc(CNS(C)(=O)=O)cc2C1. The summed E-state index contributed by atoms with van der Waals surface area (Å²) >= 11 is 0. The molecule has 22 heavy (non-hydrogen) atoms. The number of aromatic nitrogens is 2. The van der Waals surface area contributed by atoms with Gasteiger partial charge in [-0.1, -0.05) is 20.3 Å². The van der Waals surface area contributed by atoms with Crippen LogP contribution in [0.5, 0.6) is 0 Å². The molecular weight excluding hydrogens is 300 g/mol. The third-order valence-electron chi connectivity index (χ3n) is 4.01. The molecule has 126 valence electrons. The summed E-state index contributed by atoms with van der Waals surface area (Å²) in [4.78, 5) is 2.49. The highest BCUT2D eigenvalue weighted by Crippen LogP contribution is 2.16. The first kappa shape index (κ1) is 17.4. The molecule has 0 aliphatic carbocycles. The van der Waals surface area contributed by atoms with Crippen LogP contribution >= 0.6 is 0 Å². The lowest BCUT2D eigenvalue weighted by Gasteiger charge is -2.23. The standard InChI is InChI=1S/C15H28N4O2S/c1-4-6-13(2)11-18-7-5-8-19-15(12-18)9-14(17-19)10-16-22(3,20)21/h9,13,16H,4-8,10-12H2,1-3H3/t13-/m1/s1. The van der Waals surface area contributed by atoms with E-state index in [4.69, 9.17) is 0 Å². The minimum Gasteiger partial charge on any atom is -0.297 e. The average Bonchev–Trinajstić information content (AvgIpc) is 2.69. The first-order valence-electron chi connectivity index (χ1n) is 8.10. The number of hydrogen-bond donors (Lipinski definition) is 1. The first-order valence-corrected chi connectivity index (χ1v) is 9.99. The number of aryl methyl sites for hydroxylation is 1. The van der Waals surface area contributed by atoms with Gasteiger partial charge in [0.25, 0.3) is 0 Å². The van der Waals surface area contributed by atoms with Crippen molar-refractivity contribution in [1.29, 1.82) is 0 Å². The lowest BCUT2D eigenvalue weighted by Crippen LogP contribution is -2.28. The molecule has 1 aliphatic heterocycles. The van der Waals surface area contributed by atoms with Gasteiger partial charge in [0.1, 0.15) is 0 Å². The van der Waals surface area contributed by atoms with Crippen molar-refractivity contribution in [2.45, 2.75) is 52.7 Å². The summed E-state index contributed by atoms with van der Waals surface area (Å²) in [5.74, 6) is 0.714. The molecule has 0 unspecified atom stereocenters. The van der Waals surface area contributed by atoms with Crippen LogP contribution in [0.4, 0.5) is 0 Å². The second-order valence-electron chi connectivity index (χ2n) is 6.43. The molecule has 0 bridgehead atoms. The van der Waals surface area contributed by atoms with Crippen molar-refractivity contribution in [3.05, 3.63) is 17.5 Å². The van der Waals surface area contributed by atoms with Crippen molar-refractivity contribution in [3.63, 3.8) is 0 Å². The summed E-state index contributed by atoms with van der Waals surface area (Å²) in [5, 5.41) is 4.53. The fraction of sp³-hybridized carbons (Fsp3) is 0.800. The molecule has 1 aromatic heterocycles. The zero-order valence-corrected chi connectivity index (χ0v) is 14.7. The van der Waals surface area contributed by atoms with Crippen molar-refractivity contribution < 1.29 is 8.42 Å². The highest BCUT2D eigenvalue weighted by atomic mass is 32.2. The zero-order chi connectivity index (χ0) is 16.2. The number of fused-ring (bicyclic) bond motifs is 1. The van der Waals surface area contributed by atoms with Crippen LogP contribution in [0.3, 0.4) is 0 Å². The smallest absolute Gasteiger partial charge is 0.209 e. The van der Waals surface area contributed by atoms with Gasteiger partial charge < -0.3 is 0 Å². The van der Waals surface area contributed by atoms with E-state index in [1.165, 1.54) is 24.8 Å². The molecule has 1 aromatic rings. The second kappa shape index (κ2) is 7.57. The second-order valence-corrected chi connectivity index (χ2v) is 8.26. The maximum atomic E-state index is 11.2. The number of sulfonamides is 1. The van der Waals surface area contributed by atoms with Gasteiger partial charge in [0.15, 0.2) is 0 Å². The van der Waals surface area contributed by atoms with E-state index in [-0.39, 0.29) is 6.54 Å². The highest BCUT2D eigenvalue weighted by molar-refractivity contribution is 7.88. The van der Waals surface area contributed by atoms with Gasteiger partial charge in [0.05, 0.1) is 24.2 Å². The molecule has 1 atom stereocenters. The van der Waals surface area contributed by atoms with Gasteiger partial charge in [-0.05, 0) is 24.8 Å². The van der Waals surface area contributed by atoms with Crippen LogP contribution in [-0.2, 0) is 29.7 Å². The van der Waals surface area contributed by atoms with E-state index >= 15 is 0 Å². The fourth-order valence-electron chi connectivity index (χ4n) is 3.06. The van der Waals surface area contributed by atoms with Crippen molar-refractivity contribution in [3.8, 4) is 0 Å². The summed E-state index contributed by atoms with van der Waals surface area (Å²) in [6, 6.07) is 2.03. The van der Waals surface area contributed by atoms with E-state index in [2.05, 4.69) is 28.6 Å². The monoisotopic (exact) mass is 328 g/mol. The zero-order valence-electron chi connectivity index (χ0n) is 13.9. The summed E-state index contributed by atoms with van der Waals surface area (Å²) < 4.78 is 26.9. The molecule has 1 aliphatic rings. The van der Waals surface area contributed by atoms with E-state index in [0.717, 1.165) is 38.3 Å². The van der Waals surface area contributed by atoms with Crippen molar-refractivity contribution in [1.82, 2.24) is 19.4 Å². The molecule has 2 rings (SSSR count). The summed E-state index contributed by atoms with van der Waals surface area (Å²) in [6.07, 6.45) is 4.75. The van der Waals surface area contributed by atoms with Crippen molar-refractivity contribution in [2.24, 2.45) is 5.92 Å². The predicted molar refractivity (Wildman–Crippen MR) is 87.9 cm³/mol. The minimum atomic E-state index is -3.17. The highest BCUT2D eigenvalue weighted by Gasteiger charge is 2.18. The maximum absolute atomic E-state index is 11.2. The van der Waals surface area contributed by atoms with Crippen LogP contribution < -0.4 is 4.72 Å². The van der Waals surface area contributed by atoms with Gasteiger partial charge in [-0.2, -0.15) is 5.10 Å². The molecule has 0 amide bonds. The van der Waals surface area contributed by atoms with E-state index in [9.17, 15) is 8.42 Å². The lowest BCUT2D eigenvalue weighted by atomic mass is 10.1. The van der Waals surface area contributed by atoms with E-state index in [1.54, 1.807) is 0 Å². The van der Waals surface area contributed by atoms with Gasteiger partial charge in [-0.3, -0.25) is 9.58 Å². The third kappa shape index (κ3) is 5.37. The Morgan fingerprint density at radius 1 is 1.41 bits per heavy atom. The van der Waals surface area contributed by atoms with E-state index in [1.807, 2.05) is 10.7 Å². The van der Waals surface area contributed by atoms with Crippen molar-refractivity contribution >= 4 is 10.0 Å². The van der Waals surface area contributed by atoms with E-state index in [0.29, 0.717) is 5.92 Å². The molecule has 0 saturated carbocycles. The molecule has 0 fully saturated rings. The largest absolute Gasteiger partial charge is 0.297 e. The van der Waals surface area contributed by atoms with Gasteiger partial charge in [0, 0.05) is 26.2 Å². The molecule has 1 N–H and O–H groups in total. The Bertz CT molecular complexity index is 582. The fourth-order valence-corrected chi connectivity index (χ4v) is 3.47. The third-order valence-corrected chi connectivity index (χ3v) is 4.68. The van der Waals surface area contributed by atoms with E-state index < -0.39 is 10.0 Å². The molecule has 0 aromatic carbocycles. The summed E-state index contributed by atoms with van der Waals surface area (Å²) in [7, 11) is -3.17. The van der Waals surface area contributed by atoms with Crippen LogP contribution in [-0.4, -0.2) is 42.4 Å². The Morgan fingerprint density at radius 3 is 2.86 bits per heavy atom. The molecule has 7 heteroatoms. The van der Waals surface area contributed by atoms with Gasteiger partial charge in [0.2, 0.25) is 10.0 Å². The van der Waals surface area contributed by atoms with Crippen LogP contribution in [0, 0.1) is 5.92 Å². The molecule has 2 heterocycles. The number of nitrogens with zero attached hydrogens (tertiary/aromatic N) is 3. The van der Waals surface area contributed by atoms with Gasteiger partial charge >= 0.3 is 0 Å². The molecular formula is C15H28N4O2S. The molecule has 0 radical (unpaired) electrons. The molecule has 6 nitrogen and oxygen atoms in total. The molecule has 0 saturated heterocycles. The lowest BCUT2D eigenvalue weighted by molar-refractivity contribution is 0.226. The Kier molecular flexibility index (Phi) is 6.00. The van der Waals surface area contributed by atoms with Crippen LogP contribution in [0.2, 0.25) is 0 Å². The number of nitrogens with one attached hydrogen (secondary N) is 1. The van der Waals surface area contributed by atoms with Gasteiger partial charge in [-0.25, -0.2) is 13.1 Å². The number of rotatable bonds is 7. The predicted octanol–water partition coefficient (Wildman–Crippen LogP) is 1.57. The van der Waals surface area contributed by atoms with Crippen LogP contribution in [0.15, 0.2) is 6.07 Å². The van der Waals surface area contributed by atoms with Gasteiger partial charge in [-0.15, -0.1) is 0 Å². The topological polar surface area (TPSA) is 67.2 Å². The van der Waals surface area contributed by atoms with Crippen molar-refractivity contribution in [2.75, 3.05) is 19.3 Å². The average molecular weight is 328 g/mol. The Labute approximate surface area is 133 Å². The Morgan fingerprint density at radius 2 is 2.18 bits per heavy atom. The Balaban J connectivity index is 1.99. The Hall–Kier alpha value is -0.920. The first-order chi connectivity index (χ1) is 10.4. The minimum absolute atomic E-state index is 0.269.